The second-order valence-electron chi connectivity index (χ2n) is 6.76. The van der Waals surface area contributed by atoms with Crippen LogP contribution in [0.5, 0.6) is 5.75 Å². The highest BCUT2D eigenvalue weighted by Crippen LogP contribution is 2.18. The number of hydrogen-bond donors (Lipinski definition) is 1. The maximum atomic E-state index is 11.9. The Hall–Kier alpha value is -2.04. The molecule has 1 fully saturated rings. The van der Waals surface area contributed by atoms with E-state index in [1.165, 1.54) is 5.56 Å². The number of aryl methyl sites for hydroxylation is 2. The maximum Gasteiger partial charge on any atom is 0.223 e. The predicted octanol–water partition coefficient (Wildman–Crippen LogP) is 2.98. The average Bonchev–Trinajstić information content (AvgIpc) is 2.78. The number of nitrogens with zero attached hydrogens (tertiary/aromatic N) is 1. The van der Waals surface area contributed by atoms with E-state index < -0.39 is 0 Å². The molecule has 5 nitrogen and oxygen atoms in total. The van der Waals surface area contributed by atoms with Crippen molar-refractivity contribution in [1.82, 2.24) is 10.2 Å². The molecule has 1 aromatic rings. The zero-order valence-electron chi connectivity index (χ0n) is 15.5. The molecule has 0 aliphatic carbocycles. The molecule has 1 aliphatic heterocycles. The Balaban J connectivity index is 1.58. The van der Waals surface area contributed by atoms with Crippen LogP contribution < -0.4 is 10.1 Å². The summed E-state index contributed by atoms with van der Waals surface area (Å²) in [5.74, 6) is 1.08. The minimum atomic E-state index is -0.00745. The molecule has 5 heteroatoms. The van der Waals surface area contributed by atoms with E-state index in [1.54, 1.807) is 0 Å². The van der Waals surface area contributed by atoms with Gasteiger partial charge in [-0.25, -0.2) is 0 Å². The summed E-state index contributed by atoms with van der Waals surface area (Å²) in [5, 5.41) is 2.91. The van der Waals surface area contributed by atoms with Crippen molar-refractivity contribution in [1.29, 1.82) is 0 Å². The number of ether oxygens (including phenoxy) is 1. The normalized spacial score (nSPS) is 15.0. The second-order valence-corrected chi connectivity index (χ2v) is 6.76. The van der Waals surface area contributed by atoms with Crippen LogP contribution in [0, 0.1) is 13.8 Å². The Morgan fingerprint density at radius 3 is 2.88 bits per heavy atom. The molecule has 2 amide bonds. The minimum Gasteiger partial charge on any atom is -0.493 e. The first-order valence-corrected chi connectivity index (χ1v) is 9.31. The van der Waals surface area contributed by atoms with Crippen molar-refractivity contribution in [3.8, 4) is 5.75 Å². The van der Waals surface area contributed by atoms with Crippen LogP contribution in [-0.2, 0) is 9.59 Å². The molecule has 1 aromatic carbocycles. The number of hydrogen-bond acceptors (Lipinski definition) is 3. The van der Waals surface area contributed by atoms with Crippen molar-refractivity contribution >= 4 is 11.8 Å². The van der Waals surface area contributed by atoms with Gasteiger partial charge in [-0.2, -0.15) is 0 Å². The number of amides is 2. The molecule has 0 unspecified atom stereocenters. The van der Waals surface area contributed by atoms with Gasteiger partial charge in [-0.3, -0.25) is 9.59 Å². The molecule has 1 saturated heterocycles. The minimum absolute atomic E-state index is 0.00745. The summed E-state index contributed by atoms with van der Waals surface area (Å²) in [6, 6.07) is 6.02. The summed E-state index contributed by atoms with van der Waals surface area (Å²) < 4.78 is 5.68. The Labute approximate surface area is 150 Å². The quantitative estimate of drug-likeness (QED) is 0.736. The lowest BCUT2D eigenvalue weighted by Gasteiger charge is -2.20. The molecule has 138 valence electrons. The van der Waals surface area contributed by atoms with Crippen LogP contribution in [0.25, 0.3) is 0 Å². The summed E-state index contributed by atoms with van der Waals surface area (Å²) in [6.45, 7) is 6.62. The fraction of sp³-hybridized carbons (Fsp3) is 0.600. The molecule has 0 bridgehead atoms. The number of benzene rings is 1. The van der Waals surface area contributed by atoms with Crippen molar-refractivity contribution in [2.24, 2.45) is 0 Å². The number of carbonyl (C=O) groups excluding carboxylic acids is 2. The lowest BCUT2D eigenvalue weighted by molar-refractivity contribution is -0.130. The van der Waals surface area contributed by atoms with Gasteiger partial charge in [0.2, 0.25) is 11.8 Å². The first-order chi connectivity index (χ1) is 12.1. The van der Waals surface area contributed by atoms with Gasteiger partial charge in [-0.15, -0.1) is 0 Å². The van der Waals surface area contributed by atoms with Gasteiger partial charge in [-0.1, -0.05) is 24.1 Å². The molecule has 1 heterocycles. The molecular formula is C20H30N2O3. The molecule has 1 aliphatic rings. The number of likely N-dealkylation sites (tertiary alicyclic amines) is 1. The van der Waals surface area contributed by atoms with Gasteiger partial charge >= 0.3 is 0 Å². The first-order valence-electron chi connectivity index (χ1n) is 9.31. The van der Waals surface area contributed by atoms with Gasteiger partial charge in [0.15, 0.2) is 0 Å². The first kappa shape index (κ1) is 19.3. The lowest BCUT2D eigenvalue weighted by atomic mass is 10.1. The van der Waals surface area contributed by atoms with Gasteiger partial charge in [-0.05, 0) is 44.7 Å². The molecule has 25 heavy (non-hydrogen) atoms. The van der Waals surface area contributed by atoms with Crippen LogP contribution in [-0.4, -0.2) is 43.0 Å². The summed E-state index contributed by atoms with van der Waals surface area (Å²) in [5.41, 5.74) is 2.29. The molecule has 0 saturated carbocycles. The number of rotatable bonds is 8. The van der Waals surface area contributed by atoms with Crippen LogP contribution in [0.1, 0.15) is 49.7 Å². The van der Waals surface area contributed by atoms with Crippen molar-refractivity contribution in [3.05, 3.63) is 29.3 Å². The third-order valence-corrected chi connectivity index (χ3v) is 4.52. The molecule has 1 N–H and O–H groups in total. The monoisotopic (exact) mass is 346 g/mol. The fourth-order valence-electron chi connectivity index (χ4n) is 3.08. The van der Waals surface area contributed by atoms with E-state index >= 15 is 0 Å². The Bertz CT molecular complexity index is 586. The number of carbonyl (C=O) groups is 2. The van der Waals surface area contributed by atoms with Crippen LogP contribution in [0.2, 0.25) is 0 Å². The lowest BCUT2D eigenvalue weighted by Crippen LogP contribution is -2.34. The summed E-state index contributed by atoms with van der Waals surface area (Å²) in [4.78, 5) is 25.7. The van der Waals surface area contributed by atoms with Gasteiger partial charge < -0.3 is 15.0 Å². The Morgan fingerprint density at radius 1 is 1.24 bits per heavy atom. The van der Waals surface area contributed by atoms with Gasteiger partial charge in [0.25, 0.3) is 0 Å². The zero-order chi connectivity index (χ0) is 18.1. The van der Waals surface area contributed by atoms with Crippen LogP contribution in [0.15, 0.2) is 18.2 Å². The standard InChI is InChI=1S/C20H30N2O3/c1-16-8-9-18(17(2)15-16)25-14-10-19(23)21-11-6-13-22-12-5-3-4-7-20(22)24/h8-9,15H,3-7,10-14H2,1-2H3,(H,21,23). The fourth-order valence-corrected chi connectivity index (χ4v) is 3.08. The van der Waals surface area contributed by atoms with E-state index in [0.29, 0.717) is 26.0 Å². The third-order valence-electron chi connectivity index (χ3n) is 4.52. The van der Waals surface area contributed by atoms with Crippen LogP contribution >= 0.6 is 0 Å². The highest BCUT2D eigenvalue weighted by molar-refractivity contribution is 5.76. The van der Waals surface area contributed by atoms with E-state index in [1.807, 2.05) is 30.9 Å². The Morgan fingerprint density at radius 2 is 2.08 bits per heavy atom. The molecule has 0 spiro atoms. The summed E-state index contributed by atoms with van der Waals surface area (Å²) in [6.07, 6.45) is 5.05. The summed E-state index contributed by atoms with van der Waals surface area (Å²) in [7, 11) is 0. The van der Waals surface area contributed by atoms with Crippen LogP contribution in [0.3, 0.4) is 0 Å². The third kappa shape index (κ3) is 6.77. The van der Waals surface area contributed by atoms with E-state index in [0.717, 1.165) is 50.1 Å². The van der Waals surface area contributed by atoms with E-state index in [-0.39, 0.29) is 11.8 Å². The smallest absolute Gasteiger partial charge is 0.223 e. The van der Waals surface area contributed by atoms with Gasteiger partial charge in [0.1, 0.15) is 5.75 Å². The van der Waals surface area contributed by atoms with Gasteiger partial charge in [0.05, 0.1) is 13.0 Å². The van der Waals surface area contributed by atoms with Crippen molar-refractivity contribution in [3.63, 3.8) is 0 Å². The largest absolute Gasteiger partial charge is 0.493 e. The summed E-state index contributed by atoms with van der Waals surface area (Å²) >= 11 is 0. The second kappa shape index (κ2) is 10.1. The average molecular weight is 346 g/mol. The van der Waals surface area contributed by atoms with Gasteiger partial charge in [0, 0.05) is 26.1 Å². The van der Waals surface area contributed by atoms with Crippen LogP contribution in [0.4, 0.5) is 0 Å². The molecule has 0 radical (unpaired) electrons. The van der Waals surface area contributed by atoms with Crippen molar-refractivity contribution < 1.29 is 14.3 Å². The molecular weight excluding hydrogens is 316 g/mol. The maximum absolute atomic E-state index is 11.9. The van der Waals surface area contributed by atoms with Crippen molar-refractivity contribution in [2.75, 3.05) is 26.2 Å². The molecule has 0 aromatic heterocycles. The van der Waals surface area contributed by atoms with E-state index in [4.69, 9.17) is 4.74 Å². The highest BCUT2D eigenvalue weighted by atomic mass is 16.5. The van der Waals surface area contributed by atoms with Crippen molar-refractivity contribution in [2.45, 2.75) is 52.4 Å². The Kier molecular flexibility index (Phi) is 7.76. The van der Waals surface area contributed by atoms with E-state index in [9.17, 15) is 9.59 Å². The SMILES string of the molecule is Cc1ccc(OCCC(=O)NCCCN2CCCCCC2=O)c(C)c1. The molecule has 0 atom stereocenters. The predicted molar refractivity (Wildman–Crippen MR) is 98.7 cm³/mol. The number of nitrogens with one attached hydrogen (secondary N) is 1. The topological polar surface area (TPSA) is 58.6 Å². The highest BCUT2D eigenvalue weighted by Gasteiger charge is 2.15. The van der Waals surface area contributed by atoms with E-state index in [2.05, 4.69) is 11.4 Å². The molecule has 2 rings (SSSR count). The zero-order valence-corrected chi connectivity index (χ0v) is 15.5.